The Hall–Kier alpha value is -2.82. The molecule has 2 aromatic carbocycles. The van der Waals surface area contributed by atoms with Crippen molar-refractivity contribution in [1.29, 1.82) is 0 Å². The number of aromatic hydroxyl groups is 1. The van der Waals surface area contributed by atoms with Gasteiger partial charge in [0, 0.05) is 30.4 Å². The van der Waals surface area contributed by atoms with Gasteiger partial charge in [0.05, 0.1) is 11.1 Å². The molecular weight excluding hydrogens is 318 g/mol. The predicted octanol–water partition coefficient (Wildman–Crippen LogP) is 3.56. The molecule has 1 aliphatic rings. The number of carbonyl (C=O) groups is 2. The van der Waals surface area contributed by atoms with Crippen LogP contribution in [0.1, 0.15) is 46.0 Å². The standard InChI is InChI=1S/C20H21NO4/c1-13-5-4-10-21(12-13)14-8-9-17(18(22)11-14)19(23)15-6-2-3-7-16(15)20(24)25/h2-3,6-9,11,13,22H,4-5,10,12H2,1H3,(H,24,25). The molecule has 3 rings (SSSR count). The molecule has 0 aromatic heterocycles. The minimum atomic E-state index is -1.16. The third-order valence-electron chi connectivity index (χ3n) is 4.65. The molecule has 5 nitrogen and oxygen atoms in total. The molecule has 1 saturated heterocycles. The van der Waals surface area contributed by atoms with Crippen LogP contribution in [0.25, 0.3) is 0 Å². The van der Waals surface area contributed by atoms with Crippen molar-refractivity contribution in [3.63, 3.8) is 0 Å². The average Bonchev–Trinajstić information content (AvgIpc) is 2.61. The second-order valence-corrected chi connectivity index (χ2v) is 6.57. The van der Waals surface area contributed by atoms with Crippen LogP contribution in [0.4, 0.5) is 5.69 Å². The van der Waals surface area contributed by atoms with Crippen LogP contribution in [-0.2, 0) is 0 Å². The molecule has 1 heterocycles. The zero-order valence-electron chi connectivity index (χ0n) is 14.1. The summed E-state index contributed by atoms with van der Waals surface area (Å²) in [5.41, 5.74) is 1.00. The second-order valence-electron chi connectivity index (χ2n) is 6.57. The van der Waals surface area contributed by atoms with Crippen molar-refractivity contribution >= 4 is 17.4 Å². The third kappa shape index (κ3) is 3.50. The molecule has 0 aliphatic carbocycles. The molecule has 1 atom stereocenters. The number of ketones is 1. The van der Waals surface area contributed by atoms with Gasteiger partial charge in [-0.15, -0.1) is 0 Å². The number of rotatable bonds is 4. The van der Waals surface area contributed by atoms with E-state index in [2.05, 4.69) is 11.8 Å². The maximum atomic E-state index is 12.7. The minimum Gasteiger partial charge on any atom is -0.507 e. The lowest BCUT2D eigenvalue weighted by atomic mass is 9.96. The number of hydrogen-bond acceptors (Lipinski definition) is 4. The zero-order valence-corrected chi connectivity index (χ0v) is 14.1. The van der Waals surface area contributed by atoms with Crippen LogP contribution >= 0.6 is 0 Å². The Kier molecular flexibility index (Phi) is 4.74. The molecule has 0 spiro atoms. The van der Waals surface area contributed by atoms with E-state index in [0.29, 0.717) is 5.92 Å². The van der Waals surface area contributed by atoms with E-state index in [1.165, 1.54) is 18.6 Å². The molecule has 0 radical (unpaired) electrons. The topological polar surface area (TPSA) is 77.8 Å². The number of phenolic OH excluding ortho intramolecular Hbond substituents is 1. The number of carboxylic acid groups (broad SMARTS) is 1. The summed E-state index contributed by atoms with van der Waals surface area (Å²) in [4.78, 5) is 26.2. The molecule has 0 amide bonds. The van der Waals surface area contributed by atoms with Crippen molar-refractivity contribution in [2.45, 2.75) is 19.8 Å². The zero-order chi connectivity index (χ0) is 18.0. The monoisotopic (exact) mass is 339 g/mol. The van der Waals surface area contributed by atoms with Gasteiger partial charge in [0.2, 0.25) is 0 Å². The number of anilines is 1. The highest BCUT2D eigenvalue weighted by atomic mass is 16.4. The summed E-state index contributed by atoms with van der Waals surface area (Å²) in [6.45, 7) is 4.06. The lowest BCUT2D eigenvalue weighted by Gasteiger charge is -2.33. The van der Waals surface area contributed by atoms with Gasteiger partial charge < -0.3 is 15.1 Å². The van der Waals surface area contributed by atoms with Crippen LogP contribution in [-0.4, -0.2) is 35.1 Å². The maximum absolute atomic E-state index is 12.7. The van der Waals surface area contributed by atoms with Crippen LogP contribution in [0.15, 0.2) is 42.5 Å². The quantitative estimate of drug-likeness (QED) is 0.833. The van der Waals surface area contributed by atoms with Crippen molar-refractivity contribution in [3.8, 4) is 5.75 Å². The summed E-state index contributed by atoms with van der Waals surface area (Å²) < 4.78 is 0. The molecule has 1 unspecified atom stereocenters. The van der Waals surface area contributed by atoms with E-state index < -0.39 is 11.8 Å². The smallest absolute Gasteiger partial charge is 0.336 e. The third-order valence-corrected chi connectivity index (χ3v) is 4.65. The fraction of sp³-hybridized carbons (Fsp3) is 0.300. The van der Waals surface area contributed by atoms with Crippen molar-refractivity contribution in [1.82, 2.24) is 0 Å². The molecule has 1 aliphatic heterocycles. The van der Waals surface area contributed by atoms with Gasteiger partial charge >= 0.3 is 5.97 Å². The number of piperidine rings is 1. The lowest BCUT2D eigenvalue weighted by molar-refractivity contribution is 0.0692. The number of carbonyl (C=O) groups excluding carboxylic acids is 1. The number of phenols is 1. The molecule has 5 heteroatoms. The number of aromatic carboxylic acids is 1. The highest BCUT2D eigenvalue weighted by molar-refractivity contribution is 6.15. The molecule has 130 valence electrons. The van der Waals surface area contributed by atoms with Crippen molar-refractivity contribution < 1.29 is 19.8 Å². The van der Waals surface area contributed by atoms with Gasteiger partial charge in [-0.05, 0) is 37.0 Å². The average molecular weight is 339 g/mol. The second kappa shape index (κ2) is 6.97. The first-order valence-corrected chi connectivity index (χ1v) is 8.42. The van der Waals surface area contributed by atoms with E-state index in [1.807, 2.05) is 6.07 Å². The van der Waals surface area contributed by atoms with E-state index in [-0.39, 0.29) is 22.4 Å². The summed E-state index contributed by atoms with van der Waals surface area (Å²) in [6, 6.07) is 11.0. The van der Waals surface area contributed by atoms with Crippen molar-refractivity contribution in [2.75, 3.05) is 18.0 Å². The van der Waals surface area contributed by atoms with Gasteiger partial charge in [0.1, 0.15) is 5.75 Å². The van der Waals surface area contributed by atoms with Gasteiger partial charge in [-0.2, -0.15) is 0 Å². The lowest BCUT2D eigenvalue weighted by Crippen LogP contribution is -2.34. The van der Waals surface area contributed by atoms with Gasteiger partial charge in [-0.3, -0.25) is 4.79 Å². The summed E-state index contributed by atoms with van der Waals surface area (Å²) in [5.74, 6) is -1.18. The first-order valence-electron chi connectivity index (χ1n) is 8.42. The van der Waals surface area contributed by atoms with Gasteiger partial charge in [-0.25, -0.2) is 4.79 Å². The van der Waals surface area contributed by atoms with Crippen LogP contribution in [0.5, 0.6) is 5.75 Å². The minimum absolute atomic E-state index is 0.0687. The molecule has 1 fully saturated rings. The van der Waals surface area contributed by atoms with E-state index in [1.54, 1.807) is 24.3 Å². The molecule has 2 aromatic rings. The van der Waals surface area contributed by atoms with Gasteiger partial charge in [0.25, 0.3) is 0 Å². The Morgan fingerprint density at radius 1 is 1.08 bits per heavy atom. The fourth-order valence-electron chi connectivity index (χ4n) is 3.35. The molecule has 2 N–H and O–H groups in total. The molecule has 0 saturated carbocycles. The van der Waals surface area contributed by atoms with Crippen molar-refractivity contribution in [3.05, 3.63) is 59.2 Å². The van der Waals surface area contributed by atoms with Gasteiger partial charge in [-0.1, -0.05) is 25.1 Å². The van der Waals surface area contributed by atoms with Crippen LogP contribution in [0.2, 0.25) is 0 Å². The Labute approximate surface area is 146 Å². The van der Waals surface area contributed by atoms with Crippen LogP contribution in [0, 0.1) is 5.92 Å². The highest BCUT2D eigenvalue weighted by Gasteiger charge is 2.22. The number of carboxylic acids is 1. The predicted molar refractivity (Wildman–Crippen MR) is 95.6 cm³/mol. The summed E-state index contributed by atoms with van der Waals surface area (Å²) in [7, 11) is 0. The van der Waals surface area contributed by atoms with E-state index in [0.717, 1.165) is 25.2 Å². The summed E-state index contributed by atoms with van der Waals surface area (Å²) in [6.07, 6.45) is 2.31. The largest absolute Gasteiger partial charge is 0.507 e. The first kappa shape index (κ1) is 17.0. The number of hydrogen-bond donors (Lipinski definition) is 2. The van der Waals surface area contributed by atoms with E-state index in [9.17, 15) is 19.8 Å². The van der Waals surface area contributed by atoms with E-state index >= 15 is 0 Å². The SMILES string of the molecule is CC1CCCN(c2ccc(C(=O)c3ccccc3C(=O)O)c(O)c2)C1. The summed E-state index contributed by atoms with van der Waals surface area (Å²) in [5, 5.41) is 19.6. The Morgan fingerprint density at radius 2 is 1.80 bits per heavy atom. The van der Waals surface area contributed by atoms with Crippen LogP contribution < -0.4 is 4.90 Å². The Balaban J connectivity index is 1.91. The number of benzene rings is 2. The maximum Gasteiger partial charge on any atom is 0.336 e. The Bertz CT molecular complexity index is 815. The molecule has 25 heavy (non-hydrogen) atoms. The highest BCUT2D eigenvalue weighted by Crippen LogP contribution is 2.30. The molecular formula is C20H21NO4. The van der Waals surface area contributed by atoms with E-state index in [4.69, 9.17) is 0 Å². The fourth-order valence-corrected chi connectivity index (χ4v) is 3.35. The Morgan fingerprint density at radius 3 is 2.44 bits per heavy atom. The van der Waals surface area contributed by atoms with Crippen LogP contribution in [0.3, 0.4) is 0 Å². The normalized spacial score (nSPS) is 17.3. The first-order chi connectivity index (χ1) is 12.0. The summed E-state index contributed by atoms with van der Waals surface area (Å²) >= 11 is 0. The molecule has 0 bridgehead atoms. The number of nitrogens with zero attached hydrogens (tertiary/aromatic N) is 1. The van der Waals surface area contributed by atoms with Gasteiger partial charge in [0.15, 0.2) is 5.78 Å². The van der Waals surface area contributed by atoms with Crippen molar-refractivity contribution in [2.24, 2.45) is 5.92 Å².